The van der Waals surface area contributed by atoms with E-state index >= 15 is 0 Å². The number of aromatic nitrogens is 5. The fraction of sp³-hybridized carbons (Fsp3) is 0.188. The summed E-state index contributed by atoms with van der Waals surface area (Å²) in [6.45, 7) is 2.58. The Hall–Kier alpha value is -3.00. The van der Waals surface area contributed by atoms with E-state index in [0.717, 1.165) is 0 Å². The van der Waals surface area contributed by atoms with E-state index in [1.54, 1.807) is 35.3 Å². The number of rotatable bonds is 6. The smallest absolute Gasteiger partial charge is 0.239 e. The van der Waals surface area contributed by atoms with Crippen LogP contribution in [0, 0.1) is 0 Å². The van der Waals surface area contributed by atoms with Crippen LogP contribution in [0.15, 0.2) is 42.9 Å². The SMILES string of the molecule is CCNC(=O)CNc1cc(-c2ccc(-n3cccn3)nn2)c(Cl)cn1. The Morgan fingerprint density at radius 1 is 1.32 bits per heavy atom. The first-order valence-electron chi connectivity index (χ1n) is 7.67. The number of amides is 1. The van der Waals surface area contributed by atoms with Gasteiger partial charge in [-0.1, -0.05) is 11.6 Å². The van der Waals surface area contributed by atoms with Gasteiger partial charge in [0.2, 0.25) is 5.91 Å². The maximum atomic E-state index is 11.5. The molecule has 0 atom stereocenters. The molecule has 1 amide bonds. The number of halogens is 1. The van der Waals surface area contributed by atoms with Crippen molar-refractivity contribution in [2.24, 2.45) is 0 Å². The molecule has 3 aromatic rings. The highest BCUT2D eigenvalue weighted by Crippen LogP contribution is 2.27. The quantitative estimate of drug-likeness (QED) is 0.699. The van der Waals surface area contributed by atoms with Crippen LogP contribution in [0.25, 0.3) is 17.1 Å². The highest BCUT2D eigenvalue weighted by Gasteiger charge is 2.10. The molecule has 0 bridgehead atoms. The lowest BCUT2D eigenvalue weighted by atomic mass is 10.2. The zero-order valence-electron chi connectivity index (χ0n) is 13.5. The van der Waals surface area contributed by atoms with Gasteiger partial charge in [-0.3, -0.25) is 4.79 Å². The van der Waals surface area contributed by atoms with Crippen LogP contribution in [0.2, 0.25) is 5.02 Å². The predicted molar refractivity (Wildman–Crippen MR) is 94.6 cm³/mol. The van der Waals surface area contributed by atoms with Crippen molar-refractivity contribution in [1.82, 2.24) is 30.3 Å². The number of likely N-dealkylation sites (N-methyl/N-ethyl adjacent to an activating group) is 1. The molecule has 0 aliphatic carbocycles. The van der Waals surface area contributed by atoms with E-state index in [4.69, 9.17) is 11.6 Å². The van der Waals surface area contributed by atoms with Crippen LogP contribution in [0.3, 0.4) is 0 Å². The summed E-state index contributed by atoms with van der Waals surface area (Å²) in [5, 5.41) is 18.6. The van der Waals surface area contributed by atoms with E-state index in [-0.39, 0.29) is 12.5 Å². The zero-order chi connectivity index (χ0) is 17.6. The van der Waals surface area contributed by atoms with E-state index in [9.17, 15) is 4.79 Å². The number of anilines is 1. The van der Waals surface area contributed by atoms with E-state index in [2.05, 4.69) is 30.9 Å². The lowest BCUT2D eigenvalue weighted by molar-refractivity contribution is -0.119. The number of carbonyl (C=O) groups is 1. The molecule has 3 aromatic heterocycles. The first-order valence-corrected chi connectivity index (χ1v) is 8.05. The molecule has 25 heavy (non-hydrogen) atoms. The van der Waals surface area contributed by atoms with Crippen LogP contribution in [0.1, 0.15) is 6.92 Å². The Kier molecular flexibility index (Phi) is 5.20. The molecule has 0 fully saturated rings. The Labute approximate surface area is 149 Å². The number of hydrogen-bond donors (Lipinski definition) is 2. The molecule has 9 heteroatoms. The van der Waals surface area contributed by atoms with Gasteiger partial charge in [0.05, 0.1) is 17.3 Å². The number of nitrogens with one attached hydrogen (secondary N) is 2. The molecule has 0 aliphatic rings. The maximum absolute atomic E-state index is 11.5. The molecular weight excluding hydrogens is 342 g/mol. The fourth-order valence-electron chi connectivity index (χ4n) is 2.16. The summed E-state index contributed by atoms with van der Waals surface area (Å²) in [6, 6.07) is 7.15. The number of nitrogens with zero attached hydrogens (tertiary/aromatic N) is 5. The minimum absolute atomic E-state index is 0.107. The van der Waals surface area contributed by atoms with Gasteiger partial charge in [-0.15, -0.1) is 10.2 Å². The second-order valence-corrected chi connectivity index (χ2v) is 5.49. The first-order chi connectivity index (χ1) is 12.2. The topological polar surface area (TPSA) is 97.6 Å². The lowest BCUT2D eigenvalue weighted by Gasteiger charge is -2.09. The average Bonchev–Trinajstić information content (AvgIpc) is 3.16. The third-order valence-corrected chi connectivity index (χ3v) is 3.63. The Balaban J connectivity index is 1.79. The standard InChI is InChI=1S/C16H16ClN7O/c1-2-18-16(25)10-20-14-8-11(12(17)9-19-14)13-4-5-15(23-22-13)24-7-3-6-21-24/h3-9H,2,10H2,1H3,(H,18,25)(H,19,20). The molecule has 128 valence electrons. The van der Waals surface area contributed by atoms with Gasteiger partial charge < -0.3 is 10.6 Å². The molecular formula is C16H16ClN7O. The second kappa shape index (κ2) is 7.71. The Morgan fingerprint density at radius 3 is 2.88 bits per heavy atom. The minimum atomic E-state index is -0.107. The van der Waals surface area contributed by atoms with Gasteiger partial charge in [-0.25, -0.2) is 9.67 Å². The summed E-state index contributed by atoms with van der Waals surface area (Å²) in [5.41, 5.74) is 1.28. The predicted octanol–water partition coefficient (Wildman–Crippen LogP) is 1.93. The van der Waals surface area contributed by atoms with E-state index < -0.39 is 0 Å². The fourth-order valence-corrected chi connectivity index (χ4v) is 2.36. The van der Waals surface area contributed by atoms with Crippen molar-refractivity contribution in [1.29, 1.82) is 0 Å². The van der Waals surface area contributed by atoms with Crippen LogP contribution in [-0.2, 0) is 4.79 Å². The van der Waals surface area contributed by atoms with Crippen molar-refractivity contribution in [2.45, 2.75) is 6.92 Å². The van der Waals surface area contributed by atoms with Crippen molar-refractivity contribution in [3.63, 3.8) is 0 Å². The first kappa shape index (κ1) is 16.8. The van der Waals surface area contributed by atoms with Gasteiger partial charge in [0, 0.05) is 30.7 Å². The maximum Gasteiger partial charge on any atom is 0.239 e. The van der Waals surface area contributed by atoms with Gasteiger partial charge in [0.1, 0.15) is 5.82 Å². The molecule has 0 spiro atoms. The zero-order valence-corrected chi connectivity index (χ0v) is 14.2. The largest absolute Gasteiger partial charge is 0.361 e. The molecule has 0 aromatic carbocycles. The highest BCUT2D eigenvalue weighted by atomic mass is 35.5. The summed E-state index contributed by atoms with van der Waals surface area (Å²) in [5.74, 6) is 1.03. The van der Waals surface area contributed by atoms with Gasteiger partial charge in [0.25, 0.3) is 0 Å². The third-order valence-electron chi connectivity index (χ3n) is 3.32. The van der Waals surface area contributed by atoms with Gasteiger partial charge >= 0.3 is 0 Å². The number of pyridine rings is 1. The average molecular weight is 358 g/mol. The van der Waals surface area contributed by atoms with Gasteiger partial charge in [-0.05, 0) is 31.2 Å². The summed E-state index contributed by atoms with van der Waals surface area (Å²) < 4.78 is 1.62. The van der Waals surface area contributed by atoms with Crippen LogP contribution in [0.5, 0.6) is 0 Å². The molecule has 0 aliphatic heterocycles. The summed E-state index contributed by atoms with van der Waals surface area (Å²) in [7, 11) is 0. The second-order valence-electron chi connectivity index (χ2n) is 5.08. The molecule has 0 saturated carbocycles. The van der Waals surface area contributed by atoms with Crippen LogP contribution < -0.4 is 10.6 Å². The van der Waals surface area contributed by atoms with E-state index in [1.807, 2.05) is 13.0 Å². The molecule has 3 rings (SSSR count). The van der Waals surface area contributed by atoms with Crippen molar-refractivity contribution in [2.75, 3.05) is 18.4 Å². The lowest BCUT2D eigenvalue weighted by Crippen LogP contribution is -2.29. The van der Waals surface area contributed by atoms with E-state index in [0.29, 0.717) is 34.5 Å². The van der Waals surface area contributed by atoms with Crippen molar-refractivity contribution in [3.8, 4) is 17.1 Å². The molecule has 3 heterocycles. The van der Waals surface area contributed by atoms with Crippen molar-refractivity contribution < 1.29 is 4.79 Å². The highest BCUT2D eigenvalue weighted by molar-refractivity contribution is 6.33. The Morgan fingerprint density at radius 2 is 2.20 bits per heavy atom. The Bertz CT molecular complexity index is 849. The number of hydrogen-bond acceptors (Lipinski definition) is 6. The molecule has 0 saturated heterocycles. The van der Waals surface area contributed by atoms with Gasteiger partial charge in [0.15, 0.2) is 5.82 Å². The monoisotopic (exact) mass is 357 g/mol. The molecule has 0 unspecified atom stereocenters. The summed E-state index contributed by atoms with van der Waals surface area (Å²) in [4.78, 5) is 15.7. The van der Waals surface area contributed by atoms with E-state index in [1.165, 1.54) is 6.20 Å². The molecule has 0 radical (unpaired) electrons. The van der Waals surface area contributed by atoms with Crippen LogP contribution in [-0.4, -0.2) is 44.0 Å². The van der Waals surface area contributed by atoms with Crippen molar-refractivity contribution >= 4 is 23.3 Å². The van der Waals surface area contributed by atoms with Crippen LogP contribution >= 0.6 is 11.6 Å². The summed E-state index contributed by atoms with van der Waals surface area (Å²) in [6.07, 6.45) is 4.97. The molecule has 8 nitrogen and oxygen atoms in total. The molecule has 2 N–H and O–H groups in total. The van der Waals surface area contributed by atoms with Crippen molar-refractivity contribution in [3.05, 3.63) is 47.9 Å². The normalized spacial score (nSPS) is 10.5. The van der Waals surface area contributed by atoms with Gasteiger partial charge in [-0.2, -0.15) is 5.10 Å². The third kappa shape index (κ3) is 4.10. The summed E-state index contributed by atoms with van der Waals surface area (Å²) >= 11 is 6.23. The minimum Gasteiger partial charge on any atom is -0.361 e. The van der Waals surface area contributed by atoms with Crippen LogP contribution in [0.4, 0.5) is 5.82 Å². The number of carbonyl (C=O) groups excluding carboxylic acids is 1.